The van der Waals surface area contributed by atoms with Crippen LogP contribution in [0, 0.1) is 6.92 Å². The molecule has 0 unspecified atom stereocenters. The smallest absolute Gasteiger partial charge is 0.344 e. The molecule has 6 nitrogen and oxygen atoms in total. The molecule has 0 spiro atoms. The molecule has 0 bridgehead atoms. The third kappa shape index (κ3) is 1.69. The van der Waals surface area contributed by atoms with Gasteiger partial charge in [0.15, 0.2) is 17.8 Å². The summed E-state index contributed by atoms with van der Waals surface area (Å²) in [6.07, 6.45) is 2.72. The molecule has 0 fully saturated rings. The molecule has 0 aliphatic heterocycles. The Hall–Kier alpha value is -2.11. The number of nitrogens with zero attached hydrogens (tertiary/aromatic N) is 2. The van der Waals surface area contributed by atoms with Crippen LogP contribution in [0.25, 0.3) is 11.5 Å². The maximum atomic E-state index is 11.7. The lowest BCUT2D eigenvalue weighted by atomic mass is 10.2. The summed E-state index contributed by atoms with van der Waals surface area (Å²) < 4.78 is 14.9. The van der Waals surface area contributed by atoms with Gasteiger partial charge < -0.3 is 13.7 Å². The fourth-order valence-corrected chi connectivity index (χ4v) is 1.32. The number of aromatic nitrogens is 2. The van der Waals surface area contributed by atoms with Crippen molar-refractivity contribution in [3.05, 3.63) is 23.9 Å². The number of carbonyl (C=O) groups excluding carboxylic acids is 1. The number of hydrogen-bond donors (Lipinski definition) is 0. The van der Waals surface area contributed by atoms with Crippen LogP contribution in [0.15, 0.2) is 21.5 Å². The number of carbonyl (C=O) groups is 1. The van der Waals surface area contributed by atoms with Crippen LogP contribution in [0.4, 0.5) is 0 Å². The Morgan fingerprint density at radius 3 is 3.00 bits per heavy atom. The van der Waals surface area contributed by atoms with Crippen molar-refractivity contribution >= 4 is 5.97 Å². The molecular formula is C10H10N2O4. The minimum Gasteiger partial charge on any atom is -0.462 e. The fraction of sp³-hybridized carbons (Fsp3) is 0.300. The Bertz CT molecular complexity index is 487. The summed E-state index contributed by atoms with van der Waals surface area (Å²) in [5.74, 6) is 0.289. The minimum atomic E-state index is -0.479. The fourth-order valence-electron chi connectivity index (χ4n) is 1.32. The van der Waals surface area contributed by atoms with Crippen molar-refractivity contribution in [1.82, 2.24) is 10.1 Å². The van der Waals surface area contributed by atoms with Gasteiger partial charge in [-0.3, -0.25) is 0 Å². The Balaban J connectivity index is 2.44. The van der Waals surface area contributed by atoms with Gasteiger partial charge in [-0.2, -0.15) is 0 Å². The molecular weight excluding hydrogens is 212 g/mol. The highest BCUT2D eigenvalue weighted by Gasteiger charge is 2.24. The lowest BCUT2D eigenvalue weighted by molar-refractivity contribution is 0.0525. The van der Waals surface area contributed by atoms with Crippen LogP contribution in [0.3, 0.4) is 0 Å². The van der Waals surface area contributed by atoms with Crippen molar-refractivity contribution < 1.29 is 18.5 Å². The predicted octanol–water partition coefficient (Wildman–Crippen LogP) is 1.81. The molecule has 0 saturated carbocycles. The molecule has 0 saturated heterocycles. The number of aryl methyl sites for hydroxylation is 1. The van der Waals surface area contributed by atoms with Gasteiger partial charge in [-0.1, -0.05) is 5.16 Å². The van der Waals surface area contributed by atoms with E-state index in [0.717, 1.165) is 0 Å². The number of oxazole rings is 1. The molecule has 0 N–H and O–H groups in total. The van der Waals surface area contributed by atoms with Gasteiger partial charge in [0.25, 0.3) is 0 Å². The van der Waals surface area contributed by atoms with E-state index in [1.165, 1.54) is 12.6 Å². The Morgan fingerprint density at radius 1 is 1.56 bits per heavy atom. The molecule has 2 aromatic rings. The van der Waals surface area contributed by atoms with E-state index in [9.17, 15) is 4.79 Å². The number of esters is 1. The second-order valence-corrected chi connectivity index (χ2v) is 3.05. The van der Waals surface area contributed by atoms with E-state index in [4.69, 9.17) is 13.7 Å². The van der Waals surface area contributed by atoms with Crippen molar-refractivity contribution in [2.24, 2.45) is 0 Å². The quantitative estimate of drug-likeness (QED) is 0.737. The zero-order chi connectivity index (χ0) is 11.5. The average Bonchev–Trinajstić information content (AvgIpc) is 2.86. The van der Waals surface area contributed by atoms with Crippen LogP contribution in [-0.4, -0.2) is 22.7 Å². The summed E-state index contributed by atoms with van der Waals surface area (Å²) in [7, 11) is 0. The maximum Gasteiger partial charge on any atom is 0.344 e. The van der Waals surface area contributed by atoms with Gasteiger partial charge in [-0.15, -0.1) is 0 Å². The lowest BCUT2D eigenvalue weighted by Crippen LogP contribution is -2.06. The van der Waals surface area contributed by atoms with Crippen LogP contribution >= 0.6 is 0 Å². The summed E-state index contributed by atoms with van der Waals surface area (Å²) >= 11 is 0. The number of hydrogen-bond acceptors (Lipinski definition) is 6. The normalized spacial score (nSPS) is 10.4. The molecule has 0 aliphatic rings. The molecule has 0 radical (unpaired) electrons. The van der Waals surface area contributed by atoms with Gasteiger partial charge in [0.1, 0.15) is 11.3 Å². The Labute approximate surface area is 91.2 Å². The molecule has 16 heavy (non-hydrogen) atoms. The van der Waals surface area contributed by atoms with Crippen molar-refractivity contribution in [2.75, 3.05) is 6.61 Å². The van der Waals surface area contributed by atoms with Crippen LogP contribution in [0.1, 0.15) is 23.0 Å². The Kier molecular flexibility index (Phi) is 2.72. The second kappa shape index (κ2) is 4.18. The first-order chi connectivity index (χ1) is 7.74. The zero-order valence-electron chi connectivity index (χ0n) is 8.89. The molecule has 2 heterocycles. The Morgan fingerprint density at radius 2 is 2.38 bits per heavy atom. The van der Waals surface area contributed by atoms with Gasteiger partial charge in [-0.05, 0) is 13.8 Å². The minimum absolute atomic E-state index is 0.276. The highest BCUT2D eigenvalue weighted by atomic mass is 16.5. The molecule has 2 aromatic heterocycles. The molecule has 2 rings (SSSR count). The second-order valence-electron chi connectivity index (χ2n) is 3.05. The number of rotatable bonds is 3. The van der Waals surface area contributed by atoms with Crippen LogP contribution in [0.5, 0.6) is 0 Å². The molecule has 0 amide bonds. The van der Waals surface area contributed by atoms with Gasteiger partial charge in [0.05, 0.1) is 12.8 Å². The average molecular weight is 222 g/mol. The summed E-state index contributed by atoms with van der Waals surface area (Å²) in [5, 5.41) is 3.75. The van der Waals surface area contributed by atoms with Crippen molar-refractivity contribution in [3.8, 4) is 11.5 Å². The van der Waals surface area contributed by atoms with Crippen LogP contribution in [0.2, 0.25) is 0 Å². The van der Waals surface area contributed by atoms with E-state index in [0.29, 0.717) is 23.8 Å². The van der Waals surface area contributed by atoms with Gasteiger partial charge >= 0.3 is 5.97 Å². The molecule has 0 aromatic carbocycles. The summed E-state index contributed by atoms with van der Waals surface area (Å²) in [4.78, 5) is 15.4. The summed E-state index contributed by atoms with van der Waals surface area (Å²) in [5.41, 5.74) is 0.590. The first kappa shape index (κ1) is 10.4. The maximum absolute atomic E-state index is 11.7. The van der Waals surface area contributed by atoms with E-state index < -0.39 is 5.97 Å². The van der Waals surface area contributed by atoms with E-state index in [1.54, 1.807) is 13.8 Å². The third-order valence-electron chi connectivity index (χ3n) is 2.01. The van der Waals surface area contributed by atoms with E-state index in [1.807, 2.05) is 0 Å². The van der Waals surface area contributed by atoms with Gasteiger partial charge in [-0.25, -0.2) is 9.78 Å². The largest absolute Gasteiger partial charge is 0.462 e. The number of ether oxygens (including phenoxy) is 1. The highest BCUT2D eigenvalue weighted by Crippen LogP contribution is 2.25. The van der Waals surface area contributed by atoms with Crippen LogP contribution in [-0.2, 0) is 4.74 Å². The molecule has 84 valence electrons. The lowest BCUT2D eigenvalue weighted by Gasteiger charge is -1.99. The predicted molar refractivity (Wildman–Crippen MR) is 52.7 cm³/mol. The monoisotopic (exact) mass is 222 g/mol. The van der Waals surface area contributed by atoms with Gasteiger partial charge in [0.2, 0.25) is 0 Å². The summed E-state index contributed by atoms with van der Waals surface area (Å²) in [6.45, 7) is 3.66. The van der Waals surface area contributed by atoms with Crippen molar-refractivity contribution in [1.29, 1.82) is 0 Å². The molecule has 6 heteroatoms. The van der Waals surface area contributed by atoms with Crippen LogP contribution < -0.4 is 0 Å². The van der Waals surface area contributed by atoms with Gasteiger partial charge in [0, 0.05) is 0 Å². The highest BCUT2D eigenvalue weighted by molar-refractivity contribution is 5.96. The SMILES string of the molecule is CCOC(=O)c1c(-c2cnco2)noc1C. The van der Waals surface area contributed by atoms with Crippen molar-refractivity contribution in [3.63, 3.8) is 0 Å². The summed E-state index contributed by atoms with van der Waals surface area (Å²) in [6, 6.07) is 0. The molecule has 0 atom stereocenters. The standard InChI is InChI=1S/C10H10N2O4/c1-3-14-10(13)8-6(2)16-12-9(8)7-4-11-5-15-7/h4-5H,3H2,1-2H3. The topological polar surface area (TPSA) is 78.4 Å². The van der Waals surface area contributed by atoms with E-state index in [2.05, 4.69) is 10.1 Å². The third-order valence-corrected chi connectivity index (χ3v) is 2.01. The van der Waals surface area contributed by atoms with E-state index >= 15 is 0 Å². The zero-order valence-corrected chi connectivity index (χ0v) is 8.89. The molecule has 0 aliphatic carbocycles. The first-order valence-electron chi connectivity index (χ1n) is 4.76. The first-order valence-corrected chi connectivity index (χ1v) is 4.76. The van der Waals surface area contributed by atoms with E-state index in [-0.39, 0.29) is 5.56 Å². The van der Waals surface area contributed by atoms with Crippen molar-refractivity contribution in [2.45, 2.75) is 13.8 Å².